The summed E-state index contributed by atoms with van der Waals surface area (Å²) < 4.78 is 6.04. The van der Waals surface area contributed by atoms with E-state index in [1.54, 1.807) is 7.11 Å². The Balaban J connectivity index is 2.26. The van der Waals surface area contributed by atoms with E-state index in [2.05, 4.69) is 59.8 Å². The van der Waals surface area contributed by atoms with E-state index in [1.165, 1.54) is 11.1 Å². The summed E-state index contributed by atoms with van der Waals surface area (Å²) in [5.41, 5.74) is 1.90. The summed E-state index contributed by atoms with van der Waals surface area (Å²) in [6, 6.07) is 20.8. The summed E-state index contributed by atoms with van der Waals surface area (Å²) in [5, 5.41) is 3.39. The summed E-state index contributed by atoms with van der Waals surface area (Å²) in [5.74, 6) is 2.65. The van der Waals surface area contributed by atoms with Crippen molar-refractivity contribution in [1.82, 2.24) is 5.32 Å². The zero-order valence-electron chi connectivity index (χ0n) is 13.1. The van der Waals surface area contributed by atoms with Crippen LogP contribution in [0.15, 0.2) is 60.7 Å². The van der Waals surface area contributed by atoms with Gasteiger partial charge in [0.05, 0.1) is 0 Å². The van der Waals surface area contributed by atoms with Crippen LogP contribution >= 0.6 is 0 Å². The van der Waals surface area contributed by atoms with Crippen molar-refractivity contribution in [3.05, 3.63) is 71.8 Å². The van der Waals surface area contributed by atoms with Gasteiger partial charge in [0.1, 0.15) is 5.60 Å². The summed E-state index contributed by atoms with van der Waals surface area (Å²) in [4.78, 5) is 0. The quantitative estimate of drug-likeness (QED) is 0.593. The van der Waals surface area contributed by atoms with Gasteiger partial charge in [0.2, 0.25) is 0 Å². The minimum atomic E-state index is -0.439. The second-order valence-electron chi connectivity index (χ2n) is 5.22. The zero-order valence-corrected chi connectivity index (χ0v) is 13.1. The van der Waals surface area contributed by atoms with Crippen LogP contribution in [0.25, 0.3) is 0 Å². The molecular formula is C20H23NO. The topological polar surface area (TPSA) is 21.3 Å². The molecule has 2 heteroatoms. The molecule has 0 unspecified atom stereocenters. The smallest absolute Gasteiger partial charge is 0.119 e. The number of hydrogen-bond donors (Lipinski definition) is 1. The highest BCUT2D eigenvalue weighted by atomic mass is 16.5. The monoisotopic (exact) mass is 293 g/mol. The number of hydrogen-bond acceptors (Lipinski definition) is 2. The van der Waals surface area contributed by atoms with Crippen molar-refractivity contribution in [3.8, 4) is 12.3 Å². The van der Waals surface area contributed by atoms with Crippen molar-refractivity contribution in [2.75, 3.05) is 20.2 Å². The van der Waals surface area contributed by atoms with Crippen LogP contribution in [0.2, 0.25) is 0 Å². The van der Waals surface area contributed by atoms with Crippen molar-refractivity contribution in [3.63, 3.8) is 0 Å². The molecule has 0 aromatic heterocycles. The molecule has 0 fully saturated rings. The third-order valence-corrected chi connectivity index (χ3v) is 3.93. The highest BCUT2D eigenvalue weighted by Gasteiger charge is 2.33. The molecule has 0 aliphatic heterocycles. The van der Waals surface area contributed by atoms with Gasteiger partial charge in [-0.15, -0.1) is 12.3 Å². The second kappa shape index (κ2) is 8.38. The molecule has 0 atom stereocenters. The Morgan fingerprint density at radius 2 is 1.50 bits per heavy atom. The first-order chi connectivity index (χ1) is 10.8. The van der Waals surface area contributed by atoms with Gasteiger partial charge in [-0.25, -0.2) is 0 Å². The van der Waals surface area contributed by atoms with E-state index >= 15 is 0 Å². The first kappa shape index (κ1) is 16.3. The van der Waals surface area contributed by atoms with E-state index < -0.39 is 5.60 Å². The lowest BCUT2D eigenvalue weighted by Crippen LogP contribution is -2.34. The van der Waals surface area contributed by atoms with E-state index in [1.807, 2.05) is 12.1 Å². The highest BCUT2D eigenvalue weighted by molar-refractivity contribution is 5.36. The molecule has 0 amide bonds. The fourth-order valence-corrected chi connectivity index (χ4v) is 2.76. The lowest BCUT2D eigenvalue weighted by atomic mass is 9.83. The standard InChI is InChI=1S/C20H23NO/c1-3-4-16-21-17-15-20(22-2,18-11-7-5-8-12-18)19-13-9-6-10-14-19/h1,5-14,21H,4,15-17H2,2H3. The average molecular weight is 293 g/mol. The van der Waals surface area contributed by atoms with Crippen LogP contribution in [0.4, 0.5) is 0 Å². The third-order valence-electron chi connectivity index (χ3n) is 3.93. The van der Waals surface area contributed by atoms with Crippen LogP contribution in [0.5, 0.6) is 0 Å². The van der Waals surface area contributed by atoms with E-state index in [-0.39, 0.29) is 0 Å². The summed E-state index contributed by atoms with van der Waals surface area (Å²) in [6.45, 7) is 1.68. The number of benzene rings is 2. The summed E-state index contributed by atoms with van der Waals surface area (Å²) >= 11 is 0. The van der Waals surface area contributed by atoms with E-state index in [9.17, 15) is 0 Å². The molecule has 0 saturated carbocycles. The van der Waals surface area contributed by atoms with Gasteiger partial charge in [-0.05, 0) is 24.1 Å². The number of ether oxygens (including phenoxy) is 1. The maximum atomic E-state index is 6.04. The lowest BCUT2D eigenvalue weighted by Gasteiger charge is -2.34. The molecule has 114 valence electrons. The van der Waals surface area contributed by atoms with Crippen molar-refractivity contribution >= 4 is 0 Å². The Bertz CT molecular complexity index is 547. The van der Waals surface area contributed by atoms with Crippen molar-refractivity contribution in [2.45, 2.75) is 18.4 Å². The minimum absolute atomic E-state index is 0.439. The maximum Gasteiger partial charge on any atom is 0.119 e. The number of terminal acetylenes is 1. The second-order valence-corrected chi connectivity index (χ2v) is 5.22. The maximum absolute atomic E-state index is 6.04. The van der Waals surface area contributed by atoms with Crippen molar-refractivity contribution in [1.29, 1.82) is 0 Å². The Kier molecular flexibility index (Phi) is 6.21. The fourth-order valence-electron chi connectivity index (χ4n) is 2.76. The first-order valence-corrected chi connectivity index (χ1v) is 7.64. The van der Waals surface area contributed by atoms with Gasteiger partial charge in [-0.2, -0.15) is 0 Å². The molecular weight excluding hydrogens is 270 g/mol. The minimum Gasteiger partial charge on any atom is -0.369 e. The van der Waals surface area contributed by atoms with E-state index in [4.69, 9.17) is 11.2 Å². The van der Waals surface area contributed by atoms with Gasteiger partial charge in [-0.1, -0.05) is 60.7 Å². The first-order valence-electron chi connectivity index (χ1n) is 7.64. The molecule has 0 spiro atoms. The van der Waals surface area contributed by atoms with Crippen molar-refractivity contribution < 1.29 is 4.74 Å². The van der Waals surface area contributed by atoms with Crippen molar-refractivity contribution in [2.24, 2.45) is 0 Å². The molecule has 2 rings (SSSR count). The number of nitrogens with one attached hydrogen (secondary N) is 1. The molecule has 0 aliphatic rings. The third kappa shape index (κ3) is 3.76. The average Bonchev–Trinajstić information content (AvgIpc) is 2.60. The Morgan fingerprint density at radius 3 is 1.95 bits per heavy atom. The Hall–Kier alpha value is -2.08. The van der Waals surface area contributed by atoms with Gasteiger partial charge in [0, 0.05) is 20.1 Å². The normalized spacial score (nSPS) is 11.1. The molecule has 0 aliphatic carbocycles. The van der Waals surface area contributed by atoms with Gasteiger partial charge in [0.15, 0.2) is 0 Å². The van der Waals surface area contributed by atoms with E-state index in [0.29, 0.717) is 0 Å². The molecule has 22 heavy (non-hydrogen) atoms. The van der Waals surface area contributed by atoms with Crippen LogP contribution in [-0.2, 0) is 10.3 Å². The predicted molar refractivity (Wildman–Crippen MR) is 91.6 cm³/mol. The molecule has 2 aromatic rings. The summed E-state index contributed by atoms with van der Waals surface area (Å²) in [6.07, 6.45) is 6.89. The number of methoxy groups -OCH3 is 1. The van der Waals surface area contributed by atoms with E-state index in [0.717, 1.165) is 25.9 Å². The Morgan fingerprint density at radius 1 is 0.955 bits per heavy atom. The lowest BCUT2D eigenvalue weighted by molar-refractivity contribution is 0.0148. The van der Waals surface area contributed by atoms with Crippen LogP contribution < -0.4 is 5.32 Å². The van der Waals surface area contributed by atoms with Gasteiger partial charge >= 0.3 is 0 Å². The molecule has 2 aromatic carbocycles. The summed E-state index contributed by atoms with van der Waals surface area (Å²) in [7, 11) is 1.78. The molecule has 2 nitrogen and oxygen atoms in total. The highest BCUT2D eigenvalue weighted by Crippen LogP contribution is 2.36. The SMILES string of the molecule is C#CCCNCCC(OC)(c1ccccc1)c1ccccc1. The largest absolute Gasteiger partial charge is 0.369 e. The van der Waals surface area contributed by atoms with Crippen LogP contribution in [0.1, 0.15) is 24.0 Å². The fraction of sp³-hybridized carbons (Fsp3) is 0.300. The Labute approximate surface area is 133 Å². The van der Waals surface area contributed by atoms with Gasteiger partial charge < -0.3 is 10.1 Å². The predicted octanol–water partition coefficient (Wildman–Crippen LogP) is 3.58. The zero-order chi connectivity index (χ0) is 15.7. The van der Waals surface area contributed by atoms with Gasteiger partial charge in [-0.3, -0.25) is 0 Å². The van der Waals surface area contributed by atoms with Crippen LogP contribution in [0.3, 0.4) is 0 Å². The van der Waals surface area contributed by atoms with Crippen LogP contribution in [0, 0.1) is 12.3 Å². The molecule has 0 radical (unpaired) electrons. The molecule has 0 saturated heterocycles. The molecule has 1 N–H and O–H groups in total. The van der Waals surface area contributed by atoms with Crippen LogP contribution in [-0.4, -0.2) is 20.2 Å². The van der Waals surface area contributed by atoms with Gasteiger partial charge in [0.25, 0.3) is 0 Å². The number of rotatable bonds is 8. The molecule has 0 heterocycles. The molecule has 0 bridgehead atoms.